The first-order chi connectivity index (χ1) is 25.0. The van der Waals surface area contributed by atoms with Gasteiger partial charge in [0.2, 0.25) is 23.8 Å². The van der Waals surface area contributed by atoms with Gasteiger partial charge in [-0.1, -0.05) is 11.6 Å². The fourth-order valence-corrected chi connectivity index (χ4v) is 5.97. The molecule has 0 spiro atoms. The van der Waals surface area contributed by atoms with E-state index in [1.807, 2.05) is 13.8 Å². The largest absolute Gasteiger partial charge is 0.507 e. The number of aliphatic hydroxyl groups excluding tert-OH is 4. The maximum atomic E-state index is 14.3. The van der Waals surface area contributed by atoms with Gasteiger partial charge >= 0.3 is 11.9 Å². The maximum absolute atomic E-state index is 14.3. The molecule has 2 saturated heterocycles. The first kappa shape index (κ1) is 39.5. The van der Waals surface area contributed by atoms with Crippen molar-refractivity contribution in [3.8, 4) is 34.3 Å². The highest BCUT2D eigenvalue weighted by molar-refractivity contribution is 5.91. The molecule has 53 heavy (non-hydrogen) atoms. The number of esters is 2. The van der Waals surface area contributed by atoms with Crippen LogP contribution in [0.15, 0.2) is 51.2 Å². The standard InChI is InChI=1S/C36H42O17/c1-14(2)7-12-20-21(39)13-22(40)23-24(41)32(30(50-31(20)23)18-8-10-19(46-6)11-9-18)51-36-28(45)33(29(15(3)47-36)48-16(4)37)52-35-27(44)25(42)26(43)34(53-35)49-17(5)38/h7-11,13,15,25-29,33-36,39-40,42-45H,12H2,1-6H3/t15-,25-,26+,27+,28+,29-,33-,34-,35+,36-/m0/s1. The van der Waals surface area contributed by atoms with Crippen molar-refractivity contribution in [1.82, 2.24) is 0 Å². The van der Waals surface area contributed by atoms with E-state index in [2.05, 4.69) is 0 Å². The summed E-state index contributed by atoms with van der Waals surface area (Å²) in [5.41, 5.74) is 0.335. The number of fused-ring (bicyclic) bond motifs is 1. The van der Waals surface area contributed by atoms with Crippen molar-refractivity contribution in [2.75, 3.05) is 7.11 Å². The Morgan fingerprint density at radius 1 is 0.811 bits per heavy atom. The van der Waals surface area contributed by atoms with E-state index in [-0.39, 0.29) is 40.0 Å². The first-order valence-electron chi connectivity index (χ1n) is 16.5. The molecule has 1 aromatic heterocycles. The summed E-state index contributed by atoms with van der Waals surface area (Å²) in [6.07, 6.45) is -15.5. The number of aromatic hydroxyl groups is 2. The Morgan fingerprint density at radius 2 is 1.45 bits per heavy atom. The average Bonchev–Trinajstić information content (AvgIpc) is 3.09. The lowest BCUT2D eigenvalue weighted by Gasteiger charge is -2.46. The zero-order valence-electron chi connectivity index (χ0n) is 29.6. The quantitative estimate of drug-likeness (QED) is 0.127. The Kier molecular flexibility index (Phi) is 12.0. The summed E-state index contributed by atoms with van der Waals surface area (Å²) in [6.45, 7) is 7.22. The predicted molar refractivity (Wildman–Crippen MR) is 181 cm³/mol. The second kappa shape index (κ2) is 16.1. The summed E-state index contributed by atoms with van der Waals surface area (Å²) in [5.74, 6) is -2.93. The van der Waals surface area contributed by atoms with Crippen LogP contribution in [0.3, 0.4) is 0 Å². The van der Waals surface area contributed by atoms with Crippen molar-refractivity contribution < 1.29 is 77.8 Å². The van der Waals surface area contributed by atoms with Gasteiger partial charge in [-0.25, -0.2) is 0 Å². The third kappa shape index (κ3) is 8.26. The van der Waals surface area contributed by atoms with E-state index in [1.165, 1.54) is 14.0 Å². The number of rotatable bonds is 10. The first-order valence-corrected chi connectivity index (χ1v) is 16.5. The minimum absolute atomic E-state index is 0.133. The van der Waals surface area contributed by atoms with Gasteiger partial charge in [0.1, 0.15) is 58.7 Å². The fraction of sp³-hybridized carbons (Fsp3) is 0.472. The Labute approximate surface area is 302 Å². The Balaban J connectivity index is 1.61. The molecule has 0 saturated carbocycles. The summed E-state index contributed by atoms with van der Waals surface area (Å²) < 4.78 is 45.1. The van der Waals surface area contributed by atoms with Crippen LogP contribution in [0.2, 0.25) is 0 Å². The Bertz CT molecular complexity index is 1900. The van der Waals surface area contributed by atoms with Crippen LogP contribution >= 0.6 is 0 Å². The fourth-order valence-electron chi connectivity index (χ4n) is 5.97. The van der Waals surface area contributed by atoms with Crippen LogP contribution in [0.4, 0.5) is 0 Å². The summed E-state index contributed by atoms with van der Waals surface area (Å²) in [5, 5.41) is 64.5. The van der Waals surface area contributed by atoms with E-state index in [4.69, 9.17) is 37.6 Å². The number of aliphatic hydroxyl groups is 4. The van der Waals surface area contributed by atoms with Crippen molar-refractivity contribution in [1.29, 1.82) is 0 Å². The maximum Gasteiger partial charge on any atom is 0.305 e. The normalized spacial score (nSPS) is 28.6. The second-order valence-electron chi connectivity index (χ2n) is 12.8. The van der Waals surface area contributed by atoms with Crippen molar-refractivity contribution >= 4 is 22.9 Å². The number of phenols is 2. The Hall–Kier alpha value is -4.75. The number of hydrogen-bond donors (Lipinski definition) is 6. The van der Waals surface area contributed by atoms with Gasteiger partial charge in [0.15, 0.2) is 18.2 Å². The molecule has 3 heterocycles. The molecule has 3 aromatic rings. The minimum atomic E-state index is -1.96. The molecule has 288 valence electrons. The molecular formula is C36H42O17. The van der Waals surface area contributed by atoms with Crippen LogP contribution in [-0.2, 0) is 39.7 Å². The van der Waals surface area contributed by atoms with Crippen LogP contribution in [0.1, 0.15) is 40.2 Å². The SMILES string of the molecule is COc1ccc(-c2oc3c(CC=C(C)C)c(O)cc(O)c3c(=O)c2O[C@@H]2O[C@@H](C)[C@H](OC(C)=O)[C@@H](O[C@@H]3O[C@H](OC(C)=O)[C@H](O)[C@H](O)[C@H]3O)[C@H]2O)cc1. The highest BCUT2D eigenvalue weighted by atomic mass is 16.8. The molecule has 0 aliphatic carbocycles. The van der Waals surface area contributed by atoms with Gasteiger partial charge in [-0.2, -0.15) is 0 Å². The third-order valence-electron chi connectivity index (χ3n) is 8.64. The highest BCUT2D eigenvalue weighted by Crippen LogP contribution is 2.41. The molecule has 0 radical (unpaired) electrons. The number of allylic oxidation sites excluding steroid dienone is 2. The van der Waals surface area contributed by atoms with Gasteiger partial charge in [-0.15, -0.1) is 0 Å². The molecule has 2 aliphatic heterocycles. The van der Waals surface area contributed by atoms with E-state index in [1.54, 1.807) is 30.3 Å². The number of benzene rings is 2. The van der Waals surface area contributed by atoms with Crippen LogP contribution in [-0.4, -0.2) is 111 Å². The summed E-state index contributed by atoms with van der Waals surface area (Å²) >= 11 is 0. The van der Waals surface area contributed by atoms with Crippen LogP contribution in [0, 0.1) is 0 Å². The molecule has 2 aliphatic rings. The monoisotopic (exact) mass is 746 g/mol. The smallest absolute Gasteiger partial charge is 0.305 e. The van der Waals surface area contributed by atoms with Gasteiger partial charge in [0, 0.05) is 31.0 Å². The molecule has 0 unspecified atom stereocenters. The van der Waals surface area contributed by atoms with Gasteiger partial charge in [-0.05, 0) is 51.5 Å². The van der Waals surface area contributed by atoms with E-state index < -0.39 is 90.5 Å². The topological polar surface area (TPSA) is 250 Å². The molecule has 0 bridgehead atoms. The number of phenolic OH excluding ortho intramolecular Hbond substituents is 2. The minimum Gasteiger partial charge on any atom is -0.507 e. The van der Waals surface area contributed by atoms with Gasteiger partial charge in [0.05, 0.1) is 13.2 Å². The van der Waals surface area contributed by atoms with E-state index >= 15 is 0 Å². The summed E-state index contributed by atoms with van der Waals surface area (Å²) in [6, 6.07) is 7.27. The molecule has 17 heteroatoms. The van der Waals surface area contributed by atoms with Gasteiger partial charge in [-0.3, -0.25) is 14.4 Å². The number of hydrogen-bond acceptors (Lipinski definition) is 17. The summed E-state index contributed by atoms with van der Waals surface area (Å²) in [7, 11) is 1.46. The molecule has 0 amide bonds. The zero-order chi connectivity index (χ0) is 38.9. The van der Waals surface area contributed by atoms with Gasteiger partial charge < -0.3 is 68.2 Å². The molecule has 5 rings (SSSR count). The molecule has 6 N–H and O–H groups in total. The van der Waals surface area contributed by atoms with E-state index in [0.29, 0.717) is 5.75 Å². The predicted octanol–water partition coefficient (Wildman–Crippen LogP) is 1.52. The summed E-state index contributed by atoms with van der Waals surface area (Å²) in [4.78, 5) is 38.1. The third-order valence-corrected chi connectivity index (χ3v) is 8.64. The average molecular weight is 747 g/mol. The van der Waals surface area contributed by atoms with Crippen molar-refractivity contribution in [2.45, 2.75) is 103 Å². The molecule has 2 fully saturated rings. The second-order valence-corrected chi connectivity index (χ2v) is 12.8. The Morgan fingerprint density at radius 3 is 2.06 bits per heavy atom. The van der Waals surface area contributed by atoms with E-state index in [0.717, 1.165) is 25.5 Å². The van der Waals surface area contributed by atoms with Crippen LogP contribution in [0.25, 0.3) is 22.3 Å². The lowest BCUT2D eigenvalue weighted by Crippen LogP contribution is -2.65. The van der Waals surface area contributed by atoms with Crippen LogP contribution < -0.4 is 14.9 Å². The number of ether oxygens (including phenoxy) is 7. The number of carbonyl (C=O) groups is 2. The van der Waals surface area contributed by atoms with Crippen molar-refractivity contribution in [3.05, 3.63) is 57.8 Å². The highest BCUT2D eigenvalue weighted by Gasteiger charge is 2.53. The van der Waals surface area contributed by atoms with Crippen molar-refractivity contribution in [2.24, 2.45) is 0 Å². The molecular weight excluding hydrogens is 704 g/mol. The van der Waals surface area contributed by atoms with E-state index in [9.17, 15) is 45.0 Å². The van der Waals surface area contributed by atoms with Gasteiger partial charge in [0.25, 0.3) is 0 Å². The lowest BCUT2D eigenvalue weighted by molar-refractivity contribution is -0.373. The molecule has 2 aromatic carbocycles. The molecule has 10 atom stereocenters. The number of methoxy groups -OCH3 is 1. The van der Waals surface area contributed by atoms with Crippen LogP contribution in [0.5, 0.6) is 23.0 Å². The zero-order valence-corrected chi connectivity index (χ0v) is 29.6. The lowest BCUT2D eigenvalue weighted by atomic mass is 9.98. The van der Waals surface area contributed by atoms with Crippen molar-refractivity contribution in [3.63, 3.8) is 0 Å². The molecule has 17 nitrogen and oxygen atoms in total. The number of carbonyl (C=O) groups excluding carboxylic acids is 2.